The van der Waals surface area contributed by atoms with Crippen LogP contribution in [-0.2, 0) is 9.59 Å². The van der Waals surface area contributed by atoms with Gasteiger partial charge in [0.15, 0.2) is 11.5 Å². The highest BCUT2D eigenvalue weighted by molar-refractivity contribution is 14.1. The van der Waals surface area contributed by atoms with Crippen LogP contribution in [0.15, 0.2) is 36.0 Å². The summed E-state index contributed by atoms with van der Waals surface area (Å²) in [5.41, 5.74) is 1.76. The third-order valence-corrected chi connectivity index (χ3v) is 5.70. The first kappa shape index (κ1) is 19.0. The largest absolute Gasteiger partial charge is 0.367 e. The monoisotopic (exact) mass is 518 g/mol. The average Bonchev–Trinajstić information content (AvgIpc) is 3.34. The molecule has 0 atom stereocenters. The Morgan fingerprint density at radius 1 is 1.30 bits per heavy atom. The van der Waals surface area contributed by atoms with Crippen LogP contribution < -0.4 is 16.0 Å². The van der Waals surface area contributed by atoms with Gasteiger partial charge in [0.05, 0.1) is 21.9 Å². The van der Waals surface area contributed by atoms with Gasteiger partial charge in [-0.2, -0.15) is 9.61 Å². The summed E-state index contributed by atoms with van der Waals surface area (Å²) >= 11 is 1.94. The molecule has 3 heterocycles. The minimum Gasteiger partial charge on any atom is -0.367 e. The van der Waals surface area contributed by atoms with E-state index in [0.29, 0.717) is 43.7 Å². The Balaban J connectivity index is 1.59. The van der Waals surface area contributed by atoms with Crippen molar-refractivity contribution in [3.8, 4) is 0 Å². The van der Waals surface area contributed by atoms with E-state index in [9.17, 15) is 14.0 Å². The van der Waals surface area contributed by atoms with Crippen molar-refractivity contribution in [1.82, 2.24) is 19.9 Å². The van der Waals surface area contributed by atoms with Crippen molar-refractivity contribution in [3.63, 3.8) is 0 Å². The normalized spacial score (nSPS) is 17.6. The van der Waals surface area contributed by atoms with Crippen LogP contribution in [0.3, 0.4) is 0 Å². The second kappa shape index (κ2) is 7.35. The Morgan fingerprint density at radius 3 is 2.87 bits per heavy atom. The van der Waals surface area contributed by atoms with Crippen LogP contribution in [-0.4, -0.2) is 32.5 Å². The minimum atomic E-state index is -0.411. The van der Waals surface area contributed by atoms with Crippen molar-refractivity contribution < 1.29 is 14.0 Å². The van der Waals surface area contributed by atoms with E-state index >= 15 is 0 Å². The van der Waals surface area contributed by atoms with Crippen molar-refractivity contribution in [2.75, 3.05) is 10.6 Å². The van der Waals surface area contributed by atoms with Gasteiger partial charge in [0.2, 0.25) is 5.91 Å². The Kier molecular flexibility index (Phi) is 4.65. The van der Waals surface area contributed by atoms with Crippen LogP contribution in [0.4, 0.5) is 21.7 Å². The molecule has 1 aliphatic heterocycles. The molecule has 3 N–H and O–H groups in total. The molecule has 0 bridgehead atoms. The summed E-state index contributed by atoms with van der Waals surface area (Å²) in [5.74, 6) is 0.0638. The van der Waals surface area contributed by atoms with Gasteiger partial charge in [-0.05, 0) is 53.6 Å². The van der Waals surface area contributed by atoms with Crippen LogP contribution in [0.25, 0.3) is 11.7 Å². The molecule has 5 rings (SSSR count). The van der Waals surface area contributed by atoms with E-state index in [-0.39, 0.29) is 18.1 Å². The number of aromatic nitrogens is 3. The third kappa shape index (κ3) is 3.62. The van der Waals surface area contributed by atoms with Gasteiger partial charge in [-0.15, -0.1) is 0 Å². The fourth-order valence-electron chi connectivity index (χ4n) is 3.23. The summed E-state index contributed by atoms with van der Waals surface area (Å²) < 4.78 is 16.6. The molecule has 152 valence electrons. The molecule has 8 nitrogen and oxygen atoms in total. The summed E-state index contributed by atoms with van der Waals surface area (Å²) in [4.78, 5) is 28.0. The maximum absolute atomic E-state index is 14.5. The quantitative estimate of drug-likeness (QED) is 0.273. The number of amides is 2. The summed E-state index contributed by atoms with van der Waals surface area (Å²) in [6.45, 7) is 0. The summed E-state index contributed by atoms with van der Waals surface area (Å²) in [5, 5.41) is 13.1. The Bertz CT molecular complexity index is 1230. The zero-order valence-electron chi connectivity index (χ0n) is 15.6. The van der Waals surface area contributed by atoms with Gasteiger partial charge in [0.1, 0.15) is 11.6 Å². The van der Waals surface area contributed by atoms with E-state index in [4.69, 9.17) is 0 Å². The Morgan fingerprint density at radius 2 is 2.13 bits per heavy atom. The van der Waals surface area contributed by atoms with Crippen molar-refractivity contribution in [2.24, 2.45) is 0 Å². The van der Waals surface area contributed by atoms with Crippen molar-refractivity contribution in [3.05, 3.63) is 51.0 Å². The smallest absolute Gasteiger partial charge is 0.254 e. The van der Waals surface area contributed by atoms with Gasteiger partial charge < -0.3 is 10.6 Å². The number of carbonyl (C=O) groups is 2. The molecule has 30 heavy (non-hydrogen) atoms. The van der Waals surface area contributed by atoms with Gasteiger partial charge in [-0.25, -0.2) is 9.37 Å². The lowest BCUT2D eigenvalue weighted by atomic mass is 10.1. The number of nitrogens with zero attached hydrogens (tertiary/aromatic N) is 3. The molecule has 1 saturated heterocycles. The molecule has 1 aromatic carbocycles. The van der Waals surface area contributed by atoms with Crippen LogP contribution in [0.1, 0.15) is 24.8 Å². The number of hydrogen-bond donors (Lipinski definition) is 3. The molecular formula is C20H16FIN6O2. The number of hydrogen-bond acceptors (Lipinski definition) is 6. The molecule has 2 amide bonds. The SMILES string of the molecule is O=C1C/C(=C\c2cnn3c(NC4CC4)cc(Nc4cccc(I)c4F)nc23)C(=O)N1. The van der Waals surface area contributed by atoms with Crippen LogP contribution in [0.5, 0.6) is 0 Å². The van der Waals surface area contributed by atoms with E-state index in [0.717, 1.165) is 12.8 Å². The number of carbonyl (C=O) groups excluding carboxylic acids is 2. The maximum Gasteiger partial charge on any atom is 0.254 e. The van der Waals surface area contributed by atoms with Crippen molar-refractivity contribution in [2.45, 2.75) is 25.3 Å². The fourth-order valence-corrected chi connectivity index (χ4v) is 3.73. The predicted octanol–water partition coefficient (Wildman–Crippen LogP) is 3.22. The highest BCUT2D eigenvalue weighted by Crippen LogP contribution is 2.30. The Hall–Kier alpha value is -3.02. The zero-order chi connectivity index (χ0) is 20.8. The first-order valence-electron chi connectivity index (χ1n) is 9.39. The van der Waals surface area contributed by atoms with Crippen LogP contribution in [0.2, 0.25) is 0 Å². The number of rotatable bonds is 5. The van der Waals surface area contributed by atoms with Gasteiger partial charge in [0, 0.05) is 23.2 Å². The van der Waals surface area contributed by atoms with Gasteiger partial charge in [-0.3, -0.25) is 14.9 Å². The molecule has 3 aromatic rings. The van der Waals surface area contributed by atoms with Gasteiger partial charge in [0.25, 0.3) is 5.91 Å². The number of anilines is 3. The lowest BCUT2D eigenvalue weighted by Gasteiger charge is -2.12. The summed E-state index contributed by atoms with van der Waals surface area (Å²) in [7, 11) is 0. The number of nitrogens with one attached hydrogen (secondary N) is 3. The standard InChI is InChI=1S/C20H16FIN6O2/c21-18-13(22)2-1-3-14(18)25-15-8-16(24-12-4-5-12)28-19(26-15)11(9-23-28)6-10-7-17(29)27-20(10)30/h1-3,6,8-9,12,24H,4-5,7H2,(H,25,26)(H,27,29,30)/b10-6+. The van der Waals surface area contributed by atoms with E-state index in [1.165, 1.54) is 0 Å². The molecule has 1 saturated carbocycles. The number of halogens is 2. The molecule has 2 fully saturated rings. The van der Waals surface area contributed by atoms with Crippen molar-refractivity contribution in [1.29, 1.82) is 0 Å². The summed E-state index contributed by atoms with van der Waals surface area (Å²) in [6, 6.07) is 7.24. The van der Waals surface area contributed by atoms with Gasteiger partial charge >= 0.3 is 0 Å². The van der Waals surface area contributed by atoms with E-state index < -0.39 is 5.91 Å². The molecule has 2 aliphatic rings. The molecule has 2 aromatic heterocycles. The first-order valence-corrected chi connectivity index (χ1v) is 10.5. The number of imide groups is 1. The minimum absolute atomic E-state index is 0.0228. The van der Waals surface area contributed by atoms with E-state index in [1.807, 2.05) is 22.6 Å². The average molecular weight is 518 g/mol. The topological polar surface area (TPSA) is 100 Å². The lowest BCUT2D eigenvalue weighted by Crippen LogP contribution is -2.19. The third-order valence-electron chi connectivity index (χ3n) is 4.87. The summed E-state index contributed by atoms with van der Waals surface area (Å²) in [6.07, 6.45) is 5.37. The molecular weight excluding hydrogens is 502 g/mol. The highest BCUT2D eigenvalue weighted by Gasteiger charge is 2.26. The molecule has 10 heteroatoms. The second-order valence-corrected chi connectivity index (χ2v) is 8.39. The Labute approximate surface area is 184 Å². The second-order valence-electron chi connectivity index (χ2n) is 7.23. The molecule has 0 unspecified atom stereocenters. The maximum atomic E-state index is 14.5. The fraction of sp³-hybridized carbons (Fsp3) is 0.200. The van der Waals surface area contributed by atoms with Crippen molar-refractivity contribution >= 4 is 63.5 Å². The zero-order valence-corrected chi connectivity index (χ0v) is 17.7. The predicted molar refractivity (Wildman–Crippen MR) is 118 cm³/mol. The van der Waals surface area contributed by atoms with Gasteiger partial charge in [-0.1, -0.05) is 6.07 Å². The number of fused-ring (bicyclic) bond motifs is 1. The van der Waals surface area contributed by atoms with Crippen LogP contribution >= 0.6 is 22.6 Å². The van der Waals surface area contributed by atoms with E-state index in [2.05, 4.69) is 26.0 Å². The molecule has 0 radical (unpaired) electrons. The lowest BCUT2D eigenvalue weighted by molar-refractivity contribution is -0.124. The first-order chi connectivity index (χ1) is 14.5. The molecule has 1 aliphatic carbocycles. The number of benzene rings is 1. The van der Waals surface area contributed by atoms with Crippen LogP contribution in [0, 0.1) is 9.39 Å². The highest BCUT2D eigenvalue weighted by atomic mass is 127. The molecule has 0 spiro atoms. The van der Waals surface area contributed by atoms with E-state index in [1.54, 1.807) is 41.1 Å².